The monoisotopic (exact) mass is 1260 g/mol. The molecular weight excluding hydrogens is 1190 g/mol. The molecule has 0 spiro atoms. The Kier molecular flexibility index (Phi) is 22.0. The van der Waals surface area contributed by atoms with Gasteiger partial charge in [-0.1, -0.05) is 0 Å². The van der Waals surface area contributed by atoms with Gasteiger partial charge in [-0.3, -0.25) is 29.4 Å². The van der Waals surface area contributed by atoms with Crippen molar-refractivity contribution in [3.8, 4) is 23.0 Å². The summed E-state index contributed by atoms with van der Waals surface area (Å²) in [6.45, 7) is 4.35. The van der Waals surface area contributed by atoms with Gasteiger partial charge in [-0.2, -0.15) is 36.5 Å². The highest BCUT2D eigenvalue weighted by Crippen LogP contribution is 2.37. The van der Waals surface area contributed by atoms with Gasteiger partial charge in [-0.05, 0) is 153 Å². The lowest BCUT2D eigenvalue weighted by atomic mass is 10.0. The Morgan fingerprint density at radius 3 is 1.31 bits per heavy atom. The number of carbonyl (C=O) groups is 4. The lowest BCUT2D eigenvalue weighted by molar-refractivity contribution is -0.138. The van der Waals surface area contributed by atoms with E-state index in [1.165, 1.54) is 24.3 Å². The topological polar surface area (TPSA) is 257 Å². The van der Waals surface area contributed by atoms with Crippen LogP contribution in [0.25, 0.3) is 22.1 Å². The molecule has 6 N–H and O–H groups in total. The number of ether oxygens (including phenoxy) is 2. The Morgan fingerprint density at radius 1 is 0.562 bits per heavy atom. The van der Waals surface area contributed by atoms with Crippen molar-refractivity contribution in [2.75, 3.05) is 88.7 Å². The summed E-state index contributed by atoms with van der Waals surface area (Å²) >= 11 is 0. The smallest absolute Gasteiger partial charge is 0.416 e. The van der Waals surface area contributed by atoms with Crippen molar-refractivity contribution in [2.45, 2.75) is 75.8 Å². The Morgan fingerprint density at radius 2 is 0.944 bits per heavy atom. The number of likely N-dealkylation sites (tertiary alicyclic amines) is 2. The van der Waals surface area contributed by atoms with Crippen LogP contribution in [0.3, 0.4) is 0 Å². The molecule has 0 unspecified atom stereocenters. The molecule has 0 aliphatic carbocycles. The largest absolute Gasteiger partial charge is 0.456 e. The average molecular weight is 1260 g/mol. The van der Waals surface area contributed by atoms with E-state index in [1.54, 1.807) is 48.8 Å². The first-order valence-electron chi connectivity index (χ1n) is 28.4. The molecule has 2 aromatic carbocycles. The van der Waals surface area contributed by atoms with Gasteiger partial charge in [0.2, 0.25) is 11.8 Å². The molecule has 10 rings (SSSR count). The van der Waals surface area contributed by atoms with Crippen molar-refractivity contribution < 1.29 is 55.0 Å². The van der Waals surface area contributed by atoms with Gasteiger partial charge in [-0.25, -0.2) is 19.9 Å². The summed E-state index contributed by atoms with van der Waals surface area (Å²) in [6.07, 6.45) is 2.22. The molecule has 22 nitrogen and oxygen atoms in total. The molecule has 472 valence electrons. The van der Waals surface area contributed by atoms with E-state index in [-0.39, 0.29) is 59.1 Å². The van der Waals surface area contributed by atoms with Crippen molar-refractivity contribution in [1.29, 1.82) is 0 Å². The fourth-order valence-corrected chi connectivity index (χ4v) is 9.99. The number of pyridine rings is 4. The number of rotatable bonds is 20. The third-order valence-corrected chi connectivity index (χ3v) is 14.4. The Labute approximate surface area is 513 Å². The van der Waals surface area contributed by atoms with Gasteiger partial charge in [-0.15, -0.1) is 12.4 Å². The number of hydrogen-bond donors (Lipinski definition) is 6. The molecule has 0 saturated carbocycles. The first-order valence-corrected chi connectivity index (χ1v) is 28.4. The number of H-pyrrole nitrogens is 2. The number of hydrogen-bond acceptors (Lipinski definition) is 16. The van der Waals surface area contributed by atoms with E-state index >= 15 is 0 Å². The van der Waals surface area contributed by atoms with Crippen molar-refractivity contribution in [2.24, 2.45) is 0 Å². The summed E-state index contributed by atoms with van der Waals surface area (Å²) in [5.74, 6) is 1.56. The highest BCUT2D eigenvalue weighted by Gasteiger charge is 2.33. The maximum absolute atomic E-state index is 13.0. The molecule has 4 amide bonds. The van der Waals surface area contributed by atoms with E-state index < -0.39 is 35.3 Å². The zero-order valence-corrected chi connectivity index (χ0v) is 49.9. The highest BCUT2D eigenvalue weighted by molar-refractivity contribution is 6.04. The molecular formula is C60H67ClF6N16O6. The number of amides is 4. The standard InChI is InChI=1S/2C30H33F3N8O3.ClH/c2*1-40(2)15-4-6-25(42)41-16-3-5-21(18-41)36-28-26-23(12-14-35-27(26)38-39-28)44-22-9-7-19(8-10-22)29(43)37-24-17-20(11-13-34-24)30(31,32)33;/h2*7-14,17,21H,3-6,15-16,18H2,1-2H3,(H,34,37,43)(H2,35,36,38,39);1H/t2*21-;/m11./s1. The quantitative estimate of drug-likeness (QED) is 0.0388. The predicted molar refractivity (Wildman–Crippen MR) is 324 cm³/mol. The van der Waals surface area contributed by atoms with Gasteiger partial charge in [0.25, 0.3) is 11.8 Å². The molecule has 2 aliphatic heterocycles. The molecule has 29 heteroatoms. The van der Waals surface area contributed by atoms with Crippen molar-refractivity contribution >= 4 is 81.4 Å². The molecule has 0 bridgehead atoms. The van der Waals surface area contributed by atoms with E-state index in [0.29, 0.717) is 82.6 Å². The lowest BCUT2D eigenvalue weighted by Gasteiger charge is -2.33. The highest BCUT2D eigenvalue weighted by atomic mass is 35.5. The van der Waals surface area contributed by atoms with Gasteiger partial charge in [0.15, 0.2) is 22.9 Å². The van der Waals surface area contributed by atoms with Crippen molar-refractivity contribution in [3.05, 3.63) is 132 Å². The van der Waals surface area contributed by atoms with E-state index in [9.17, 15) is 45.5 Å². The number of nitrogens with zero attached hydrogens (tertiary/aromatic N) is 10. The summed E-state index contributed by atoms with van der Waals surface area (Å²) in [6, 6.07) is 18.9. The first-order chi connectivity index (χ1) is 42.1. The van der Waals surface area contributed by atoms with Crippen LogP contribution in [0.5, 0.6) is 23.0 Å². The molecule has 89 heavy (non-hydrogen) atoms. The summed E-state index contributed by atoms with van der Waals surface area (Å²) in [7, 11) is 7.97. The van der Waals surface area contributed by atoms with E-state index in [4.69, 9.17) is 9.47 Å². The third-order valence-electron chi connectivity index (χ3n) is 14.4. The van der Waals surface area contributed by atoms with Gasteiger partial charge >= 0.3 is 12.4 Å². The number of fused-ring (bicyclic) bond motifs is 2. The SMILES string of the molecule is CN(C)CCCC(=O)N1CCC[C@@H](Nc2n[nH]c3nccc(Oc4ccc(C(=O)Nc5cc(C(F)(F)F)ccn5)cc4)c23)C1.CN(C)CCCC(=O)N1CCC[C@@H](Nc2n[nH]c3nccc(Oc4ccc(C(=O)Nc5cc(C(F)(F)F)ccn5)cc4)c23)C1.Cl. The molecule has 8 heterocycles. The van der Waals surface area contributed by atoms with Crippen LogP contribution in [0.4, 0.5) is 49.6 Å². The van der Waals surface area contributed by atoms with Crippen molar-refractivity contribution in [1.82, 2.24) is 59.9 Å². The van der Waals surface area contributed by atoms with Crippen LogP contribution in [0.2, 0.25) is 0 Å². The maximum atomic E-state index is 13.0. The number of benzene rings is 2. The normalized spacial score (nSPS) is 15.2. The minimum atomic E-state index is -4.55. The minimum absolute atomic E-state index is 0. The molecule has 6 aromatic heterocycles. The zero-order chi connectivity index (χ0) is 62.5. The van der Waals surface area contributed by atoms with E-state index in [0.717, 1.165) is 101 Å². The number of nitrogens with one attached hydrogen (secondary N) is 6. The number of alkyl halides is 6. The lowest BCUT2D eigenvalue weighted by Crippen LogP contribution is -2.45. The van der Waals surface area contributed by atoms with Gasteiger partial charge in [0, 0.05) is 99.2 Å². The second-order valence-electron chi connectivity index (χ2n) is 21.7. The third kappa shape index (κ3) is 18.0. The molecule has 2 aliphatic rings. The number of anilines is 4. The number of aromatic nitrogens is 8. The number of halogens is 7. The Hall–Kier alpha value is -9.15. The second-order valence-corrected chi connectivity index (χ2v) is 21.7. The number of aromatic amines is 2. The second kappa shape index (κ2) is 29.7. The fourth-order valence-electron chi connectivity index (χ4n) is 9.99. The summed E-state index contributed by atoms with van der Waals surface area (Å²) in [5.41, 5.74) is -0.370. The summed E-state index contributed by atoms with van der Waals surface area (Å²) < 4.78 is 90.2. The maximum Gasteiger partial charge on any atom is 0.416 e. The van der Waals surface area contributed by atoms with Crippen LogP contribution < -0.4 is 30.7 Å². The van der Waals surface area contributed by atoms with Crippen LogP contribution in [-0.2, 0) is 21.9 Å². The predicted octanol–water partition coefficient (Wildman–Crippen LogP) is 10.7. The van der Waals surface area contributed by atoms with Crippen LogP contribution in [0.15, 0.2) is 110 Å². The van der Waals surface area contributed by atoms with Gasteiger partial charge in [0.05, 0.1) is 11.1 Å². The minimum Gasteiger partial charge on any atom is -0.456 e. The number of piperidine rings is 2. The van der Waals surface area contributed by atoms with Crippen LogP contribution in [0, 0.1) is 0 Å². The molecule has 0 radical (unpaired) electrons. The van der Waals surface area contributed by atoms with E-state index in [2.05, 4.69) is 71.4 Å². The first kappa shape index (κ1) is 65.8. The van der Waals surface area contributed by atoms with Crippen LogP contribution in [-0.4, -0.2) is 163 Å². The zero-order valence-electron chi connectivity index (χ0n) is 49.0. The Bertz CT molecular complexity index is 3460. The summed E-state index contributed by atoms with van der Waals surface area (Å²) in [5, 5.41) is 27.6. The molecule has 2 fully saturated rings. The fraction of sp³-hybridized carbons (Fsp3) is 0.367. The van der Waals surface area contributed by atoms with Gasteiger partial charge < -0.3 is 50.3 Å². The van der Waals surface area contributed by atoms with E-state index in [1.807, 2.05) is 38.0 Å². The molecule has 8 aromatic rings. The number of carbonyl (C=O) groups excluding carboxylic acids is 4. The molecule has 2 saturated heterocycles. The van der Waals surface area contributed by atoms with Crippen LogP contribution in [0.1, 0.15) is 83.2 Å². The van der Waals surface area contributed by atoms with Crippen molar-refractivity contribution in [3.63, 3.8) is 0 Å². The van der Waals surface area contributed by atoms with Gasteiger partial charge in [0.1, 0.15) is 45.4 Å². The average Bonchev–Trinajstić information content (AvgIpc) is 1.93. The Balaban J connectivity index is 0.000000228. The van der Waals surface area contributed by atoms with Crippen LogP contribution >= 0.6 is 12.4 Å². The molecule has 2 atom stereocenters. The summed E-state index contributed by atoms with van der Waals surface area (Å²) in [4.78, 5) is 75.0.